The van der Waals surface area contributed by atoms with Crippen molar-refractivity contribution in [3.05, 3.63) is 65.8 Å². The van der Waals surface area contributed by atoms with Crippen LogP contribution in [0, 0.1) is 11.3 Å². The van der Waals surface area contributed by atoms with Gasteiger partial charge in [0, 0.05) is 24.5 Å². The molecule has 0 unspecified atom stereocenters. The van der Waals surface area contributed by atoms with E-state index in [1.165, 1.54) is 0 Å². The first-order valence-corrected chi connectivity index (χ1v) is 7.15. The molecule has 0 saturated heterocycles. The van der Waals surface area contributed by atoms with Crippen molar-refractivity contribution in [2.24, 2.45) is 0 Å². The van der Waals surface area contributed by atoms with Crippen molar-refractivity contribution in [2.45, 2.75) is 13.1 Å². The van der Waals surface area contributed by atoms with Crippen LogP contribution in [0.25, 0.3) is 11.4 Å². The summed E-state index contributed by atoms with van der Waals surface area (Å²) < 4.78 is 5.29. The summed E-state index contributed by atoms with van der Waals surface area (Å²) >= 11 is 0. The lowest BCUT2D eigenvalue weighted by Crippen LogP contribution is -2.17. The number of benzene rings is 1. The van der Waals surface area contributed by atoms with Crippen LogP contribution in [0.2, 0.25) is 0 Å². The molecule has 0 bridgehead atoms. The van der Waals surface area contributed by atoms with Gasteiger partial charge in [-0.25, -0.2) is 0 Å². The Labute approximate surface area is 134 Å². The van der Waals surface area contributed by atoms with Gasteiger partial charge in [-0.05, 0) is 36.9 Å². The third-order valence-electron chi connectivity index (χ3n) is 3.30. The van der Waals surface area contributed by atoms with Gasteiger partial charge in [-0.15, -0.1) is 0 Å². The van der Waals surface area contributed by atoms with Gasteiger partial charge in [0.1, 0.15) is 0 Å². The van der Waals surface area contributed by atoms with Crippen molar-refractivity contribution in [3.63, 3.8) is 0 Å². The largest absolute Gasteiger partial charge is 0.338 e. The van der Waals surface area contributed by atoms with Gasteiger partial charge in [-0.2, -0.15) is 10.2 Å². The molecule has 0 amide bonds. The Morgan fingerprint density at radius 2 is 2.13 bits per heavy atom. The number of aromatic nitrogens is 3. The van der Waals surface area contributed by atoms with Crippen molar-refractivity contribution in [3.8, 4) is 17.5 Å². The minimum Gasteiger partial charge on any atom is -0.338 e. The molecule has 0 aliphatic rings. The Morgan fingerprint density at radius 1 is 1.22 bits per heavy atom. The summed E-state index contributed by atoms with van der Waals surface area (Å²) in [5.41, 5.74) is 2.55. The lowest BCUT2D eigenvalue weighted by atomic mass is 10.1. The number of hydrogen-bond acceptors (Lipinski definition) is 6. The Balaban J connectivity index is 1.65. The average molecular weight is 305 g/mol. The monoisotopic (exact) mass is 305 g/mol. The van der Waals surface area contributed by atoms with Crippen LogP contribution in [0.4, 0.5) is 0 Å². The molecular weight excluding hydrogens is 290 g/mol. The second-order valence-corrected chi connectivity index (χ2v) is 5.24. The number of nitriles is 1. The highest BCUT2D eigenvalue weighted by Gasteiger charge is 2.11. The molecule has 6 nitrogen and oxygen atoms in total. The Bertz CT molecular complexity index is 822. The fourth-order valence-corrected chi connectivity index (χ4v) is 2.27. The summed E-state index contributed by atoms with van der Waals surface area (Å²) in [6.45, 7) is 1.23. The zero-order chi connectivity index (χ0) is 16.1. The molecule has 2 aromatic heterocycles. The molecule has 6 heteroatoms. The first-order valence-electron chi connectivity index (χ1n) is 7.15. The summed E-state index contributed by atoms with van der Waals surface area (Å²) in [6.07, 6.45) is 3.40. The standard InChI is InChI=1S/C17H15N5O/c1-22(11-14-5-2-4-13(8-14)9-18)12-16-20-17(21-23-16)15-6-3-7-19-10-15/h2-8,10H,11-12H2,1H3. The van der Waals surface area contributed by atoms with Gasteiger partial charge in [0.05, 0.1) is 18.2 Å². The molecule has 0 aliphatic carbocycles. The van der Waals surface area contributed by atoms with Crippen molar-refractivity contribution in [1.82, 2.24) is 20.0 Å². The number of rotatable bonds is 5. The van der Waals surface area contributed by atoms with Gasteiger partial charge < -0.3 is 4.52 Å². The van der Waals surface area contributed by atoms with Gasteiger partial charge >= 0.3 is 0 Å². The Morgan fingerprint density at radius 3 is 2.91 bits per heavy atom. The molecule has 3 rings (SSSR count). The van der Waals surface area contributed by atoms with E-state index in [9.17, 15) is 0 Å². The van der Waals surface area contributed by atoms with Gasteiger partial charge in [0.15, 0.2) is 0 Å². The van der Waals surface area contributed by atoms with Crippen molar-refractivity contribution in [2.75, 3.05) is 7.05 Å². The Kier molecular flexibility index (Phi) is 4.41. The molecule has 0 aliphatic heterocycles. The maximum atomic E-state index is 8.94. The summed E-state index contributed by atoms with van der Waals surface area (Å²) in [5, 5.41) is 12.9. The van der Waals surface area contributed by atoms with Crippen LogP contribution in [-0.2, 0) is 13.1 Å². The second kappa shape index (κ2) is 6.81. The smallest absolute Gasteiger partial charge is 0.241 e. The predicted octanol–water partition coefficient (Wildman–Crippen LogP) is 2.64. The van der Waals surface area contributed by atoms with E-state index in [1.54, 1.807) is 18.5 Å². The van der Waals surface area contributed by atoms with Crippen LogP contribution in [-0.4, -0.2) is 27.1 Å². The van der Waals surface area contributed by atoms with Gasteiger partial charge in [0.25, 0.3) is 0 Å². The number of nitrogens with zero attached hydrogens (tertiary/aromatic N) is 5. The minimum atomic E-state index is 0.532. The Hall–Kier alpha value is -3.04. The maximum absolute atomic E-state index is 8.94. The van der Waals surface area contributed by atoms with Gasteiger partial charge in [0.2, 0.25) is 11.7 Å². The van der Waals surface area contributed by atoms with E-state index < -0.39 is 0 Å². The summed E-state index contributed by atoms with van der Waals surface area (Å²) in [4.78, 5) is 10.5. The summed E-state index contributed by atoms with van der Waals surface area (Å²) in [5.74, 6) is 1.08. The summed E-state index contributed by atoms with van der Waals surface area (Å²) in [6, 6.07) is 13.4. The molecular formula is C17H15N5O. The SMILES string of the molecule is CN(Cc1cccc(C#N)c1)Cc1nc(-c2cccnc2)no1. The average Bonchev–Trinajstić information content (AvgIpc) is 3.04. The van der Waals surface area contributed by atoms with Gasteiger partial charge in [-0.1, -0.05) is 17.3 Å². The van der Waals surface area contributed by atoms with E-state index >= 15 is 0 Å². The van der Waals surface area contributed by atoms with Crippen LogP contribution in [0.3, 0.4) is 0 Å². The maximum Gasteiger partial charge on any atom is 0.241 e. The first kappa shape index (κ1) is 14.9. The van der Waals surface area contributed by atoms with E-state index in [2.05, 4.69) is 26.1 Å². The fraction of sp³-hybridized carbons (Fsp3) is 0.176. The van der Waals surface area contributed by atoms with Crippen molar-refractivity contribution < 1.29 is 4.52 Å². The highest BCUT2D eigenvalue weighted by atomic mass is 16.5. The minimum absolute atomic E-state index is 0.532. The van der Waals surface area contributed by atoms with E-state index in [4.69, 9.17) is 9.78 Å². The second-order valence-electron chi connectivity index (χ2n) is 5.24. The molecule has 2 heterocycles. The first-order chi connectivity index (χ1) is 11.2. The molecule has 3 aromatic rings. The zero-order valence-corrected chi connectivity index (χ0v) is 12.7. The van der Waals surface area contributed by atoms with Crippen LogP contribution >= 0.6 is 0 Å². The normalized spacial score (nSPS) is 10.7. The van der Waals surface area contributed by atoms with Crippen LogP contribution < -0.4 is 0 Å². The van der Waals surface area contributed by atoms with E-state index in [1.807, 2.05) is 37.4 Å². The molecule has 0 spiro atoms. The number of hydrogen-bond donors (Lipinski definition) is 0. The van der Waals surface area contributed by atoms with E-state index in [0.29, 0.717) is 30.4 Å². The molecule has 114 valence electrons. The van der Waals surface area contributed by atoms with Crippen LogP contribution in [0.15, 0.2) is 53.3 Å². The molecule has 23 heavy (non-hydrogen) atoms. The molecule has 1 aromatic carbocycles. The third-order valence-corrected chi connectivity index (χ3v) is 3.30. The quantitative estimate of drug-likeness (QED) is 0.721. The highest BCUT2D eigenvalue weighted by molar-refractivity contribution is 5.51. The zero-order valence-electron chi connectivity index (χ0n) is 12.7. The van der Waals surface area contributed by atoms with E-state index in [0.717, 1.165) is 11.1 Å². The fourth-order valence-electron chi connectivity index (χ4n) is 2.27. The van der Waals surface area contributed by atoms with Crippen molar-refractivity contribution in [1.29, 1.82) is 5.26 Å². The molecule has 0 N–H and O–H groups in total. The lowest BCUT2D eigenvalue weighted by Gasteiger charge is -2.14. The predicted molar refractivity (Wildman–Crippen MR) is 83.9 cm³/mol. The molecule has 0 saturated carbocycles. The molecule has 0 fully saturated rings. The third kappa shape index (κ3) is 3.78. The van der Waals surface area contributed by atoms with Gasteiger partial charge in [-0.3, -0.25) is 9.88 Å². The highest BCUT2D eigenvalue weighted by Crippen LogP contribution is 2.15. The van der Waals surface area contributed by atoms with Crippen LogP contribution in [0.5, 0.6) is 0 Å². The molecule has 0 atom stereocenters. The van der Waals surface area contributed by atoms with Crippen LogP contribution in [0.1, 0.15) is 17.0 Å². The summed E-state index contributed by atoms with van der Waals surface area (Å²) in [7, 11) is 1.97. The number of pyridine rings is 1. The van der Waals surface area contributed by atoms with Crippen molar-refractivity contribution >= 4 is 0 Å². The lowest BCUT2D eigenvalue weighted by molar-refractivity contribution is 0.261. The topological polar surface area (TPSA) is 78.8 Å². The molecule has 0 radical (unpaired) electrons. The van der Waals surface area contributed by atoms with E-state index in [-0.39, 0.29) is 0 Å².